The zero-order valence-electron chi connectivity index (χ0n) is 14.0. The van der Waals surface area contributed by atoms with Crippen LogP contribution in [0.3, 0.4) is 0 Å². The molecule has 1 fully saturated rings. The quantitative estimate of drug-likeness (QED) is 0.755. The van der Waals surface area contributed by atoms with Crippen LogP contribution >= 0.6 is 0 Å². The average Bonchev–Trinajstić information content (AvgIpc) is 2.61. The molecular formula is C18H28N2O3. The minimum atomic E-state index is -0.0385. The maximum absolute atomic E-state index is 12.2. The fourth-order valence-corrected chi connectivity index (χ4v) is 3.14. The largest absolute Gasteiger partial charge is 0.395 e. The van der Waals surface area contributed by atoms with Gasteiger partial charge in [-0.3, -0.25) is 9.69 Å². The molecule has 0 saturated carbocycles. The second-order valence-corrected chi connectivity index (χ2v) is 6.13. The zero-order chi connectivity index (χ0) is 16.5. The molecule has 0 atom stereocenters. The molecule has 1 aromatic rings. The van der Waals surface area contributed by atoms with E-state index in [0.29, 0.717) is 19.6 Å². The molecule has 0 spiro atoms. The van der Waals surface area contributed by atoms with Gasteiger partial charge >= 0.3 is 0 Å². The fourth-order valence-electron chi connectivity index (χ4n) is 3.14. The monoisotopic (exact) mass is 320 g/mol. The molecule has 2 rings (SSSR count). The van der Waals surface area contributed by atoms with E-state index in [1.807, 2.05) is 17.9 Å². The van der Waals surface area contributed by atoms with E-state index in [4.69, 9.17) is 9.84 Å². The summed E-state index contributed by atoms with van der Waals surface area (Å²) in [5.41, 5.74) is 1.23. The molecule has 1 saturated heterocycles. The van der Waals surface area contributed by atoms with E-state index in [1.165, 1.54) is 5.56 Å². The van der Waals surface area contributed by atoms with Gasteiger partial charge in [-0.2, -0.15) is 0 Å². The van der Waals surface area contributed by atoms with Crippen LogP contribution in [0.1, 0.15) is 25.3 Å². The van der Waals surface area contributed by atoms with Crippen LogP contribution < -0.4 is 5.32 Å². The van der Waals surface area contributed by atoms with Crippen LogP contribution in [0.2, 0.25) is 0 Å². The molecule has 1 aliphatic rings. The van der Waals surface area contributed by atoms with Crippen molar-refractivity contribution in [2.45, 2.75) is 25.2 Å². The average molecular weight is 320 g/mol. The van der Waals surface area contributed by atoms with Crippen molar-refractivity contribution in [3.63, 3.8) is 0 Å². The number of aliphatic hydroxyl groups excluding tert-OH is 1. The molecule has 2 N–H and O–H groups in total. The van der Waals surface area contributed by atoms with Crippen LogP contribution in [-0.2, 0) is 14.9 Å². The van der Waals surface area contributed by atoms with Crippen LogP contribution in [0.15, 0.2) is 30.3 Å². The lowest BCUT2D eigenvalue weighted by Gasteiger charge is -2.38. The smallest absolute Gasteiger partial charge is 0.234 e. The summed E-state index contributed by atoms with van der Waals surface area (Å²) < 4.78 is 5.52. The second kappa shape index (κ2) is 9.01. The van der Waals surface area contributed by atoms with Gasteiger partial charge in [0.05, 0.1) is 13.2 Å². The molecule has 0 bridgehead atoms. The number of hydrogen-bond donors (Lipinski definition) is 2. The van der Waals surface area contributed by atoms with Gasteiger partial charge in [0.25, 0.3) is 0 Å². The molecule has 0 aliphatic carbocycles. The molecule has 0 radical (unpaired) electrons. The first-order valence-electron chi connectivity index (χ1n) is 8.43. The molecule has 0 aromatic heterocycles. The summed E-state index contributed by atoms with van der Waals surface area (Å²) in [7, 11) is 0. The Morgan fingerprint density at radius 3 is 2.61 bits per heavy atom. The topological polar surface area (TPSA) is 61.8 Å². The number of carbonyl (C=O) groups excluding carboxylic acids is 1. The number of amides is 1. The van der Waals surface area contributed by atoms with Crippen LogP contribution in [0.25, 0.3) is 0 Å². The normalized spacial score (nSPS) is 17.2. The molecule has 1 heterocycles. The van der Waals surface area contributed by atoms with Gasteiger partial charge in [0.2, 0.25) is 5.91 Å². The minimum absolute atomic E-state index is 0.0158. The van der Waals surface area contributed by atoms with Crippen molar-refractivity contribution in [1.82, 2.24) is 10.2 Å². The van der Waals surface area contributed by atoms with Crippen molar-refractivity contribution in [3.05, 3.63) is 35.9 Å². The van der Waals surface area contributed by atoms with E-state index >= 15 is 0 Å². The molecule has 1 aromatic carbocycles. The Labute approximate surface area is 138 Å². The van der Waals surface area contributed by atoms with Gasteiger partial charge in [0, 0.05) is 31.7 Å². The Balaban J connectivity index is 1.98. The molecular weight excluding hydrogens is 292 g/mol. The van der Waals surface area contributed by atoms with Crippen molar-refractivity contribution in [2.75, 3.05) is 46.0 Å². The third-order valence-corrected chi connectivity index (χ3v) is 4.69. The van der Waals surface area contributed by atoms with Crippen molar-refractivity contribution >= 4 is 5.91 Å². The number of benzene rings is 1. The fraction of sp³-hybridized carbons (Fsp3) is 0.611. The maximum atomic E-state index is 12.2. The van der Waals surface area contributed by atoms with Gasteiger partial charge in [-0.05, 0) is 24.9 Å². The highest BCUT2D eigenvalue weighted by molar-refractivity contribution is 5.78. The SMILES string of the molecule is CCN(CCO)CC(=O)NCC1(c2ccccc2)CCOCC1. The first kappa shape index (κ1) is 17.9. The first-order chi connectivity index (χ1) is 11.2. The van der Waals surface area contributed by atoms with E-state index in [1.54, 1.807) is 0 Å². The predicted molar refractivity (Wildman–Crippen MR) is 90.4 cm³/mol. The summed E-state index contributed by atoms with van der Waals surface area (Å²) in [6.07, 6.45) is 1.84. The Hall–Kier alpha value is -1.43. The summed E-state index contributed by atoms with van der Waals surface area (Å²) in [5.74, 6) is 0.0158. The lowest BCUT2D eigenvalue weighted by atomic mass is 9.74. The Bertz CT molecular complexity index is 472. The number of carbonyl (C=O) groups is 1. The highest BCUT2D eigenvalue weighted by Gasteiger charge is 2.34. The van der Waals surface area contributed by atoms with Crippen molar-refractivity contribution in [1.29, 1.82) is 0 Å². The predicted octanol–water partition coefficient (Wildman–Crippen LogP) is 1.17. The standard InChI is InChI=1S/C18H28N2O3/c1-2-20(10-11-21)14-17(22)19-15-18(8-12-23-13-9-18)16-6-4-3-5-7-16/h3-7,21H,2,8-15H2,1H3,(H,19,22). The van der Waals surface area contributed by atoms with Crippen LogP contribution in [0, 0.1) is 0 Å². The number of aliphatic hydroxyl groups is 1. The van der Waals surface area contributed by atoms with Gasteiger partial charge in [-0.15, -0.1) is 0 Å². The Morgan fingerprint density at radius 2 is 2.00 bits per heavy atom. The van der Waals surface area contributed by atoms with E-state index in [0.717, 1.165) is 32.6 Å². The highest BCUT2D eigenvalue weighted by atomic mass is 16.5. The number of nitrogens with one attached hydrogen (secondary N) is 1. The number of ether oxygens (including phenoxy) is 1. The zero-order valence-corrected chi connectivity index (χ0v) is 14.0. The Kier molecular flexibility index (Phi) is 7.02. The van der Waals surface area contributed by atoms with Gasteiger partial charge in [0.1, 0.15) is 0 Å². The number of hydrogen-bond acceptors (Lipinski definition) is 4. The summed E-state index contributed by atoms with van der Waals surface area (Å²) in [5, 5.41) is 12.1. The Morgan fingerprint density at radius 1 is 1.30 bits per heavy atom. The molecule has 5 nitrogen and oxygen atoms in total. The van der Waals surface area contributed by atoms with Crippen LogP contribution in [0.4, 0.5) is 0 Å². The van der Waals surface area contributed by atoms with Crippen molar-refractivity contribution in [3.8, 4) is 0 Å². The lowest BCUT2D eigenvalue weighted by Crippen LogP contribution is -2.47. The molecule has 1 amide bonds. The number of nitrogens with zero attached hydrogens (tertiary/aromatic N) is 1. The summed E-state index contributed by atoms with van der Waals surface area (Å²) in [4.78, 5) is 14.2. The molecule has 23 heavy (non-hydrogen) atoms. The van der Waals surface area contributed by atoms with Gasteiger partial charge in [-0.1, -0.05) is 37.3 Å². The van der Waals surface area contributed by atoms with Gasteiger partial charge < -0.3 is 15.2 Å². The summed E-state index contributed by atoms with van der Waals surface area (Å²) in [6.45, 7) is 5.79. The number of rotatable bonds is 8. The molecule has 5 heteroatoms. The van der Waals surface area contributed by atoms with Crippen molar-refractivity contribution < 1.29 is 14.6 Å². The third kappa shape index (κ3) is 5.03. The molecule has 1 aliphatic heterocycles. The van der Waals surface area contributed by atoms with Crippen LogP contribution in [-0.4, -0.2) is 61.9 Å². The summed E-state index contributed by atoms with van der Waals surface area (Å²) >= 11 is 0. The van der Waals surface area contributed by atoms with Crippen LogP contribution in [0.5, 0.6) is 0 Å². The second-order valence-electron chi connectivity index (χ2n) is 6.13. The van der Waals surface area contributed by atoms with E-state index in [-0.39, 0.29) is 17.9 Å². The molecule has 0 unspecified atom stereocenters. The van der Waals surface area contributed by atoms with E-state index in [9.17, 15) is 4.79 Å². The van der Waals surface area contributed by atoms with Gasteiger partial charge in [-0.25, -0.2) is 0 Å². The van der Waals surface area contributed by atoms with Crippen molar-refractivity contribution in [2.24, 2.45) is 0 Å². The minimum Gasteiger partial charge on any atom is -0.395 e. The number of likely N-dealkylation sites (N-methyl/N-ethyl adjacent to an activating group) is 1. The highest BCUT2D eigenvalue weighted by Crippen LogP contribution is 2.34. The summed E-state index contributed by atoms with van der Waals surface area (Å²) in [6, 6.07) is 10.4. The maximum Gasteiger partial charge on any atom is 0.234 e. The van der Waals surface area contributed by atoms with E-state index < -0.39 is 0 Å². The van der Waals surface area contributed by atoms with E-state index in [2.05, 4.69) is 29.6 Å². The van der Waals surface area contributed by atoms with Gasteiger partial charge in [0.15, 0.2) is 0 Å². The lowest BCUT2D eigenvalue weighted by molar-refractivity contribution is -0.122. The third-order valence-electron chi connectivity index (χ3n) is 4.69. The first-order valence-corrected chi connectivity index (χ1v) is 8.43. The molecule has 128 valence electrons.